The first kappa shape index (κ1) is 17.3. The van der Waals surface area contributed by atoms with E-state index in [1.807, 2.05) is 17.7 Å². The summed E-state index contributed by atoms with van der Waals surface area (Å²) >= 11 is 0. The molecule has 3 rings (SSSR count). The number of rotatable bonds is 6. The number of amides is 3. The second-order valence-corrected chi connectivity index (χ2v) is 6.57. The Morgan fingerprint density at radius 2 is 2.16 bits per heavy atom. The number of amidine groups is 1. The van der Waals surface area contributed by atoms with E-state index in [0.29, 0.717) is 18.4 Å². The molecule has 0 N–H and O–H groups in total. The van der Waals surface area contributed by atoms with Gasteiger partial charge in [-0.3, -0.25) is 14.6 Å². The number of imidazole rings is 1. The van der Waals surface area contributed by atoms with Crippen LogP contribution in [0.1, 0.15) is 25.1 Å². The molecule has 1 atom stereocenters. The Labute approximate surface area is 147 Å². The zero-order chi connectivity index (χ0) is 18.3. The predicted octanol–water partition coefficient (Wildman–Crippen LogP) is 1.18. The third-order valence-electron chi connectivity index (χ3n) is 4.48. The van der Waals surface area contributed by atoms with Crippen LogP contribution < -0.4 is 4.57 Å². The van der Waals surface area contributed by atoms with E-state index in [9.17, 15) is 9.59 Å². The molecule has 8 nitrogen and oxygen atoms in total. The molecule has 1 fully saturated rings. The van der Waals surface area contributed by atoms with Crippen LogP contribution in [-0.2, 0) is 16.1 Å². The van der Waals surface area contributed by atoms with Gasteiger partial charge in [-0.25, -0.2) is 13.9 Å². The first-order valence-electron chi connectivity index (χ1n) is 8.29. The van der Waals surface area contributed by atoms with Gasteiger partial charge in [-0.05, 0) is 13.8 Å². The van der Waals surface area contributed by atoms with Gasteiger partial charge >= 0.3 is 12.0 Å². The zero-order valence-corrected chi connectivity index (χ0v) is 15.2. The summed E-state index contributed by atoms with van der Waals surface area (Å²) in [7, 11) is 3.33. The average molecular weight is 346 g/mol. The first-order valence-corrected chi connectivity index (χ1v) is 8.29. The summed E-state index contributed by atoms with van der Waals surface area (Å²) in [5.41, 5.74) is 1.78. The summed E-state index contributed by atoms with van der Waals surface area (Å²) in [4.78, 5) is 32.8. The molecular weight excluding hydrogens is 322 g/mol. The van der Waals surface area contributed by atoms with Gasteiger partial charge in [0.05, 0.1) is 13.1 Å². The highest BCUT2D eigenvalue weighted by atomic mass is 16.5. The summed E-state index contributed by atoms with van der Waals surface area (Å²) in [6, 6.07) is -0.962. The van der Waals surface area contributed by atoms with Gasteiger partial charge in [-0.2, -0.15) is 0 Å². The summed E-state index contributed by atoms with van der Waals surface area (Å²) in [5.74, 6) is 0.907. The number of ether oxygens (including phenoxy) is 1. The lowest BCUT2D eigenvalue weighted by molar-refractivity contribution is -0.677. The van der Waals surface area contributed by atoms with Crippen LogP contribution in [0.3, 0.4) is 0 Å². The standard InChI is InChI=1S/C17H24N5O3/c1-11(2)9-22-15(23)13-14(19(4)17(22)24)18-16-20(7-6-8-25-5)12(3)10-21(13)16/h10,13H,1,6-9H2,2-5H3/q+1. The zero-order valence-electron chi connectivity index (χ0n) is 15.2. The highest BCUT2D eigenvalue weighted by Gasteiger charge is 2.52. The fourth-order valence-corrected chi connectivity index (χ4v) is 3.29. The van der Waals surface area contributed by atoms with Crippen molar-refractivity contribution in [2.45, 2.75) is 32.9 Å². The van der Waals surface area contributed by atoms with Gasteiger partial charge in [0.1, 0.15) is 11.9 Å². The topological polar surface area (TPSA) is 71.0 Å². The minimum atomic E-state index is -0.598. The Bertz CT molecular complexity index is 779. The smallest absolute Gasteiger partial charge is 0.385 e. The number of methoxy groups -OCH3 is 1. The number of urea groups is 1. The third kappa shape index (κ3) is 2.76. The van der Waals surface area contributed by atoms with Gasteiger partial charge in [0.15, 0.2) is 0 Å². The molecule has 2 aliphatic rings. The lowest BCUT2D eigenvalue weighted by Crippen LogP contribution is -2.62. The van der Waals surface area contributed by atoms with Crippen molar-refractivity contribution in [3.63, 3.8) is 0 Å². The van der Waals surface area contributed by atoms with Crippen molar-refractivity contribution in [3.8, 4) is 0 Å². The molecule has 0 aromatic carbocycles. The summed E-state index contributed by atoms with van der Waals surface area (Å²) < 4.78 is 9.03. The molecule has 8 heteroatoms. The Balaban J connectivity index is 1.98. The quantitative estimate of drug-likeness (QED) is 0.441. The minimum Gasteiger partial charge on any atom is -0.385 e. The number of nitrogens with zero attached hydrogens (tertiary/aromatic N) is 5. The number of aliphatic imine (C=N–C) groups is 1. The summed E-state index contributed by atoms with van der Waals surface area (Å²) in [6.45, 7) is 9.22. The molecule has 25 heavy (non-hydrogen) atoms. The highest BCUT2D eigenvalue weighted by molar-refractivity contribution is 6.19. The number of carbonyl (C=O) groups excluding carboxylic acids is 2. The second-order valence-electron chi connectivity index (χ2n) is 6.57. The van der Waals surface area contributed by atoms with Crippen LogP contribution in [0.15, 0.2) is 23.3 Å². The number of fused-ring (bicyclic) bond motifs is 3. The highest BCUT2D eigenvalue weighted by Crippen LogP contribution is 2.29. The fourth-order valence-electron chi connectivity index (χ4n) is 3.29. The molecule has 3 amide bonds. The Morgan fingerprint density at radius 3 is 2.80 bits per heavy atom. The van der Waals surface area contributed by atoms with E-state index in [4.69, 9.17) is 4.74 Å². The van der Waals surface area contributed by atoms with E-state index in [2.05, 4.69) is 16.1 Å². The Kier molecular flexibility index (Phi) is 4.47. The normalized spacial score (nSPS) is 19.2. The van der Waals surface area contributed by atoms with Crippen molar-refractivity contribution >= 4 is 23.7 Å². The van der Waals surface area contributed by atoms with Gasteiger partial charge in [0.25, 0.3) is 5.91 Å². The number of hydrogen-bond donors (Lipinski definition) is 0. The SMILES string of the molecule is C=C(C)CN1C(=O)C2C(=Nc3n(CCCOC)c(C)c[n+]32)N(C)C1=O. The lowest BCUT2D eigenvalue weighted by Gasteiger charge is -2.33. The van der Waals surface area contributed by atoms with Gasteiger partial charge in [0, 0.05) is 27.2 Å². The molecule has 1 aromatic heterocycles. The Morgan fingerprint density at radius 1 is 1.44 bits per heavy atom. The molecule has 2 aliphatic heterocycles. The van der Waals surface area contributed by atoms with Crippen LogP contribution in [0.5, 0.6) is 0 Å². The van der Waals surface area contributed by atoms with E-state index in [1.54, 1.807) is 21.1 Å². The van der Waals surface area contributed by atoms with Gasteiger partial charge in [0.2, 0.25) is 11.9 Å². The molecular formula is C17H24N5O3+. The van der Waals surface area contributed by atoms with Crippen molar-refractivity contribution in [1.29, 1.82) is 0 Å². The second kappa shape index (κ2) is 6.44. The van der Waals surface area contributed by atoms with Crippen molar-refractivity contribution in [1.82, 2.24) is 14.4 Å². The summed E-state index contributed by atoms with van der Waals surface area (Å²) in [5, 5.41) is 0. The van der Waals surface area contributed by atoms with Crippen molar-refractivity contribution < 1.29 is 18.9 Å². The number of likely N-dealkylation sites (N-methyl/N-ethyl adjacent to an activating group) is 1. The maximum Gasteiger partial charge on any atom is 0.401 e. The Hall–Kier alpha value is -2.48. The number of hydrogen-bond acceptors (Lipinski definition) is 4. The van der Waals surface area contributed by atoms with Crippen LogP contribution in [0.2, 0.25) is 0 Å². The summed E-state index contributed by atoms with van der Waals surface area (Å²) in [6.07, 6.45) is 2.77. The van der Waals surface area contributed by atoms with Crippen LogP contribution >= 0.6 is 0 Å². The fraction of sp³-hybridized carbons (Fsp3) is 0.529. The van der Waals surface area contributed by atoms with E-state index < -0.39 is 6.04 Å². The molecule has 134 valence electrons. The first-order chi connectivity index (χ1) is 11.9. The number of imide groups is 1. The van der Waals surface area contributed by atoms with E-state index >= 15 is 0 Å². The van der Waals surface area contributed by atoms with E-state index in [1.165, 1.54) is 9.80 Å². The van der Waals surface area contributed by atoms with Crippen molar-refractivity contribution in [2.75, 3.05) is 27.3 Å². The van der Waals surface area contributed by atoms with Crippen LogP contribution in [-0.4, -0.2) is 59.4 Å². The minimum absolute atomic E-state index is 0.217. The maximum atomic E-state index is 12.9. The van der Waals surface area contributed by atoms with Gasteiger partial charge < -0.3 is 4.74 Å². The van der Waals surface area contributed by atoms with Gasteiger partial charge in [-0.15, -0.1) is 0 Å². The third-order valence-corrected chi connectivity index (χ3v) is 4.48. The lowest BCUT2D eigenvalue weighted by atomic mass is 10.1. The van der Waals surface area contributed by atoms with Crippen LogP contribution in [0, 0.1) is 6.92 Å². The molecule has 0 spiro atoms. The number of aryl methyl sites for hydroxylation is 1. The van der Waals surface area contributed by atoms with Crippen LogP contribution in [0.25, 0.3) is 0 Å². The molecule has 0 aliphatic carbocycles. The van der Waals surface area contributed by atoms with E-state index in [0.717, 1.165) is 24.2 Å². The molecule has 3 heterocycles. The number of carbonyl (C=O) groups is 2. The van der Waals surface area contributed by atoms with Crippen LogP contribution in [0.4, 0.5) is 10.7 Å². The van der Waals surface area contributed by atoms with Crippen molar-refractivity contribution in [2.24, 2.45) is 4.99 Å². The molecule has 1 aromatic rings. The molecule has 1 unspecified atom stereocenters. The molecule has 0 saturated carbocycles. The van der Waals surface area contributed by atoms with Gasteiger partial charge in [-0.1, -0.05) is 17.1 Å². The molecule has 0 bridgehead atoms. The van der Waals surface area contributed by atoms with Crippen molar-refractivity contribution in [3.05, 3.63) is 24.0 Å². The maximum absolute atomic E-state index is 12.9. The number of aromatic nitrogens is 2. The molecule has 0 radical (unpaired) electrons. The van der Waals surface area contributed by atoms with E-state index in [-0.39, 0.29) is 18.5 Å². The predicted molar refractivity (Wildman–Crippen MR) is 91.7 cm³/mol. The molecule has 1 saturated heterocycles. The average Bonchev–Trinajstić information content (AvgIpc) is 3.06. The monoisotopic (exact) mass is 346 g/mol. The largest absolute Gasteiger partial charge is 0.401 e.